The van der Waals surface area contributed by atoms with Crippen LogP contribution in [0.1, 0.15) is 5.56 Å². The fourth-order valence-electron chi connectivity index (χ4n) is 1.69. The van der Waals surface area contributed by atoms with E-state index in [9.17, 15) is 24.0 Å². The quantitative estimate of drug-likeness (QED) is 0.512. The molecule has 0 atom stereocenters. The second-order valence-corrected chi connectivity index (χ2v) is 4.05. The lowest BCUT2D eigenvalue weighted by Crippen LogP contribution is -2.04. The number of nitrogens with zero attached hydrogens (tertiary/aromatic N) is 1. The zero-order valence-corrected chi connectivity index (χ0v) is 10.1. The van der Waals surface area contributed by atoms with E-state index in [0.717, 1.165) is 24.3 Å². The van der Waals surface area contributed by atoms with Crippen LogP contribution in [0.4, 0.5) is 20.2 Å². The number of nitro benzene ring substituents is 1. The second kappa shape index (κ2) is 5.52. The van der Waals surface area contributed by atoms with Gasteiger partial charge in [-0.1, -0.05) is 0 Å². The minimum atomic E-state index is -0.677. The Bertz CT molecular complexity index is 662. The van der Waals surface area contributed by atoms with E-state index in [1.165, 1.54) is 12.1 Å². The highest BCUT2D eigenvalue weighted by Gasteiger charge is 2.15. The molecular formula is C13H10F2N2O3. The van der Waals surface area contributed by atoms with Crippen LogP contribution >= 0.6 is 0 Å². The molecule has 0 saturated heterocycles. The average Bonchev–Trinajstić information content (AvgIpc) is 2.40. The van der Waals surface area contributed by atoms with Crippen molar-refractivity contribution in [2.24, 2.45) is 0 Å². The molecule has 2 aromatic carbocycles. The molecule has 0 unspecified atom stereocenters. The first-order valence-corrected chi connectivity index (χ1v) is 5.62. The number of anilines is 1. The van der Waals surface area contributed by atoms with Gasteiger partial charge in [0, 0.05) is 12.1 Å². The van der Waals surface area contributed by atoms with Crippen LogP contribution in [0.25, 0.3) is 0 Å². The summed E-state index contributed by atoms with van der Waals surface area (Å²) in [5, 5.41) is 22.7. The van der Waals surface area contributed by atoms with Gasteiger partial charge in [0.15, 0.2) is 0 Å². The van der Waals surface area contributed by atoms with Crippen molar-refractivity contribution in [3.8, 4) is 5.75 Å². The van der Waals surface area contributed by atoms with Crippen molar-refractivity contribution >= 4 is 11.4 Å². The van der Waals surface area contributed by atoms with Gasteiger partial charge in [0.25, 0.3) is 5.69 Å². The maximum absolute atomic E-state index is 13.4. The predicted molar refractivity (Wildman–Crippen MR) is 68.4 cm³/mol. The van der Waals surface area contributed by atoms with Gasteiger partial charge in [-0.05, 0) is 30.3 Å². The van der Waals surface area contributed by atoms with Crippen molar-refractivity contribution in [2.45, 2.75) is 6.54 Å². The highest BCUT2D eigenvalue weighted by Crippen LogP contribution is 2.28. The Kier molecular flexibility index (Phi) is 3.79. The number of phenols is 1. The number of benzene rings is 2. The molecule has 2 N–H and O–H groups in total. The van der Waals surface area contributed by atoms with Gasteiger partial charge in [-0.2, -0.15) is 0 Å². The van der Waals surface area contributed by atoms with Crippen LogP contribution in [0, 0.1) is 21.7 Å². The van der Waals surface area contributed by atoms with Crippen molar-refractivity contribution in [3.05, 3.63) is 63.7 Å². The highest BCUT2D eigenvalue weighted by molar-refractivity contribution is 5.63. The summed E-state index contributed by atoms with van der Waals surface area (Å²) in [7, 11) is 0. The molecule has 104 valence electrons. The average molecular weight is 280 g/mol. The normalized spacial score (nSPS) is 10.3. The van der Waals surface area contributed by atoms with E-state index in [4.69, 9.17) is 0 Å². The van der Waals surface area contributed by atoms with Crippen molar-refractivity contribution in [3.63, 3.8) is 0 Å². The molecule has 0 radical (unpaired) electrons. The fraction of sp³-hybridized carbons (Fsp3) is 0.0769. The van der Waals surface area contributed by atoms with Gasteiger partial charge in [0.1, 0.15) is 23.1 Å². The summed E-state index contributed by atoms with van der Waals surface area (Å²) in [5.41, 5.74) is -0.189. The predicted octanol–water partition coefficient (Wildman–Crippen LogP) is 3.19. The molecular weight excluding hydrogens is 270 g/mol. The van der Waals surface area contributed by atoms with Gasteiger partial charge in [-0.3, -0.25) is 10.1 Å². The first kappa shape index (κ1) is 13.7. The molecule has 2 rings (SSSR count). The van der Waals surface area contributed by atoms with Crippen LogP contribution in [0.15, 0.2) is 36.4 Å². The molecule has 0 heterocycles. The molecule has 0 aliphatic heterocycles. The van der Waals surface area contributed by atoms with Crippen LogP contribution in [0.3, 0.4) is 0 Å². The Hall–Kier alpha value is -2.70. The SMILES string of the molecule is O=[N+]([O-])c1cc(O)ccc1NCc1cc(F)ccc1F. The Morgan fingerprint density at radius 2 is 1.95 bits per heavy atom. The topological polar surface area (TPSA) is 75.4 Å². The molecule has 0 aliphatic carbocycles. The van der Waals surface area contributed by atoms with Gasteiger partial charge >= 0.3 is 0 Å². The van der Waals surface area contributed by atoms with E-state index < -0.39 is 16.6 Å². The fourth-order valence-corrected chi connectivity index (χ4v) is 1.69. The largest absolute Gasteiger partial charge is 0.508 e. The molecule has 2 aromatic rings. The van der Waals surface area contributed by atoms with Gasteiger partial charge in [0.05, 0.1) is 11.0 Å². The van der Waals surface area contributed by atoms with Crippen molar-refractivity contribution in [1.82, 2.24) is 0 Å². The summed E-state index contributed by atoms with van der Waals surface area (Å²) in [5.74, 6) is -1.46. The van der Waals surface area contributed by atoms with E-state index in [2.05, 4.69) is 5.32 Å². The molecule has 7 heteroatoms. The minimum Gasteiger partial charge on any atom is -0.508 e. The number of nitrogens with one attached hydrogen (secondary N) is 1. The van der Waals surface area contributed by atoms with Gasteiger partial charge < -0.3 is 10.4 Å². The lowest BCUT2D eigenvalue weighted by atomic mass is 10.2. The van der Waals surface area contributed by atoms with Crippen LogP contribution in [-0.2, 0) is 6.54 Å². The summed E-state index contributed by atoms with van der Waals surface area (Å²) in [4.78, 5) is 10.2. The molecule has 5 nitrogen and oxygen atoms in total. The zero-order chi connectivity index (χ0) is 14.7. The van der Waals surface area contributed by atoms with Crippen molar-refractivity contribution < 1.29 is 18.8 Å². The molecule has 0 amide bonds. The Morgan fingerprint density at radius 3 is 2.65 bits per heavy atom. The summed E-state index contributed by atoms with van der Waals surface area (Å²) in [6, 6.07) is 6.51. The number of halogens is 2. The Morgan fingerprint density at radius 1 is 1.20 bits per heavy atom. The van der Waals surface area contributed by atoms with Gasteiger partial charge in [0.2, 0.25) is 0 Å². The lowest BCUT2D eigenvalue weighted by molar-refractivity contribution is -0.384. The zero-order valence-electron chi connectivity index (χ0n) is 10.1. The van der Waals surface area contributed by atoms with E-state index in [1.807, 2.05) is 0 Å². The summed E-state index contributed by atoms with van der Waals surface area (Å²) in [6.07, 6.45) is 0. The Balaban J connectivity index is 2.23. The third-order valence-corrected chi connectivity index (χ3v) is 2.66. The highest BCUT2D eigenvalue weighted by atomic mass is 19.1. The monoisotopic (exact) mass is 280 g/mol. The number of nitro groups is 1. The van der Waals surface area contributed by atoms with Crippen molar-refractivity contribution in [1.29, 1.82) is 0 Å². The summed E-state index contributed by atoms with van der Waals surface area (Å²) < 4.78 is 26.4. The minimum absolute atomic E-state index is 0.0485. The first-order chi connectivity index (χ1) is 9.47. The van der Waals surface area contributed by atoms with E-state index >= 15 is 0 Å². The molecule has 0 aromatic heterocycles. The molecule has 20 heavy (non-hydrogen) atoms. The number of hydrogen-bond acceptors (Lipinski definition) is 4. The number of hydrogen-bond donors (Lipinski definition) is 2. The van der Waals surface area contributed by atoms with Gasteiger partial charge in [-0.15, -0.1) is 0 Å². The van der Waals surface area contributed by atoms with E-state index in [0.29, 0.717) is 0 Å². The maximum Gasteiger partial charge on any atom is 0.296 e. The Labute approximate surface area is 112 Å². The third kappa shape index (κ3) is 3.00. The van der Waals surface area contributed by atoms with Crippen LogP contribution in [0.2, 0.25) is 0 Å². The smallest absolute Gasteiger partial charge is 0.296 e. The molecule has 0 aliphatic rings. The van der Waals surface area contributed by atoms with Gasteiger partial charge in [-0.25, -0.2) is 8.78 Å². The summed E-state index contributed by atoms with van der Waals surface area (Å²) >= 11 is 0. The molecule has 0 saturated carbocycles. The lowest BCUT2D eigenvalue weighted by Gasteiger charge is -2.08. The second-order valence-electron chi connectivity index (χ2n) is 4.05. The maximum atomic E-state index is 13.4. The molecule has 0 bridgehead atoms. The van der Waals surface area contributed by atoms with E-state index in [-0.39, 0.29) is 29.2 Å². The first-order valence-electron chi connectivity index (χ1n) is 5.62. The molecule has 0 fully saturated rings. The van der Waals surface area contributed by atoms with Crippen molar-refractivity contribution in [2.75, 3.05) is 5.32 Å². The van der Waals surface area contributed by atoms with Crippen LogP contribution < -0.4 is 5.32 Å². The summed E-state index contributed by atoms with van der Waals surface area (Å²) in [6.45, 7) is -0.116. The molecule has 0 spiro atoms. The number of phenolic OH excluding ortho intramolecular Hbond substituents is 1. The standard InChI is InChI=1S/C13H10F2N2O3/c14-9-1-3-11(15)8(5-9)7-16-12-4-2-10(18)6-13(12)17(19)20/h1-6,16,18H,7H2. The number of rotatable bonds is 4. The van der Waals surface area contributed by atoms with E-state index in [1.54, 1.807) is 0 Å². The number of aromatic hydroxyl groups is 1. The van der Waals surface area contributed by atoms with Crippen LogP contribution in [0.5, 0.6) is 5.75 Å². The third-order valence-electron chi connectivity index (χ3n) is 2.66. The van der Waals surface area contributed by atoms with Crippen LogP contribution in [-0.4, -0.2) is 10.0 Å².